The van der Waals surface area contributed by atoms with Gasteiger partial charge in [-0.15, -0.1) is 23.8 Å². The molecule has 0 amide bonds. The van der Waals surface area contributed by atoms with Crippen molar-refractivity contribution in [1.82, 2.24) is 0 Å². The average Bonchev–Trinajstić information content (AvgIpc) is 2.98. The van der Waals surface area contributed by atoms with E-state index in [0.29, 0.717) is 0 Å². The minimum atomic E-state index is 1.28. The second-order valence-electron chi connectivity index (χ2n) is 4.16. The van der Waals surface area contributed by atoms with Gasteiger partial charge in [-0.1, -0.05) is 47.5 Å². The van der Waals surface area contributed by atoms with E-state index in [4.69, 9.17) is 0 Å². The van der Waals surface area contributed by atoms with Gasteiger partial charge >= 0.3 is 0 Å². The minimum absolute atomic E-state index is 1.28. The molecule has 0 spiro atoms. The number of thiophene rings is 1. The molecule has 1 aromatic heterocycles. The topological polar surface area (TPSA) is 0 Å². The molecule has 3 aromatic rings. The molecule has 0 aliphatic heterocycles. The summed E-state index contributed by atoms with van der Waals surface area (Å²) in [6.45, 7) is 2.15. The largest absolute Gasteiger partial charge is 0.167 e. The highest BCUT2D eigenvalue weighted by molar-refractivity contribution is 7.15. The molecule has 0 radical (unpaired) electrons. The fraction of sp³-hybridized carbons (Fsp3) is 0.0625. The van der Waals surface area contributed by atoms with Gasteiger partial charge in [-0.25, -0.2) is 0 Å². The van der Waals surface area contributed by atoms with Gasteiger partial charge in [0.05, 0.1) is 0 Å². The summed E-state index contributed by atoms with van der Waals surface area (Å²) in [5, 5.41) is 0. The molecule has 0 atom stereocenters. The predicted octanol–water partition coefficient (Wildman–Crippen LogP) is 5.11. The van der Waals surface area contributed by atoms with Crippen LogP contribution < -0.4 is 0 Å². The van der Waals surface area contributed by atoms with Crippen LogP contribution >= 0.6 is 11.3 Å². The Bertz CT molecular complexity index is 614. The van der Waals surface area contributed by atoms with Gasteiger partial charge in [0.1, 0.15) is 0 Å². The first-order chi connectivity index (χ1) is 8.33. The Morgan fingerprint density at radius 1 is 0.882 bits per heavy atom. The van der Waals surface area contributed by atoms with Gasteiger partial charge < -0.3 is 0 Å². The van der Waals surface area contributed by atoms with Crippen molar-refractivity contribution in [3.8, 4) is 21.6 Å². The lowest BCUT2D eigenvalue weighted by atomic mass is 10.1. The SMILES string of the molecule is Cc1ccc(-[c-]2ccc(-c3ccccc3)c2)s1. The Morgan fingerprint density at radius 2 is 1.71 bits per heavy atom. The van der Waals surface area contributed by atoms with Crippen molar-refractivity contribution in [3.05, 3.63) is 65.5 Å². The van der Waals surface area contributed by atoms with Crippen LogP contribution in [0.5, 0.6) is 0 Å². The number of benzene rings is 1. The van der Waals surface area contributed by atoms with Crippen molar-refractivity contribution in [2.24, 2.45) is 0 Å². The van der Waals surface area contributed by atoms with Crippen LogP contribution in [-0.4, -0.2) is 0 Å². The van der Waals surface area contributed by atoms with Crippen molar-refractivity contribution in [3.63, 3.8) is 0 Å². The van der Waals surface area contributed by atoms with Gasteiger partial charge in [-0.2, -0.15) is 17.4 Å². The van der Waals surface area contributed by atoms with E-state index in [1.807, 2.05) is 11.3 Å². The molecule has 0 unspecified atom stereocenters. The molecular weight excluding hydrogens is 224 g/mol. The molecule has 1 heteroatoms. The third-order valence-corrected chi connectivity index (χ3v) is 3.94. The van der Waals surface area contributed by atoms with Gasteiger partial charge in [-0.05, 0) is 16.7 Å². The predicted molar refractivity (Wildman–Crippen MR) is 75.5 cm³/mol. The standard InChI is InChI=1S/C16H13S/c1-12-7-10-16(17-12)15-9-8-14(11-15)13-5-3-2-4-6-13/h2-11H,1H3/q-1. The lowest BCUT2D eigenvalue weighted by Gasteiger charge is -2.02. The molecule has 0 fully saturated rings. The fourth-order valence-corrected chi connectivity index (χ4v) is 2.86. The zero-order chi connectivity index (χ0) is 11.7. The van der Waals surface area contributed by atoms with Gasteiger partial charge in [0, 0.05) is 0 Å². The molecule has 3 rings (SSSR count). The maximum absolute atomic E-state index is 2.26. The maximum atomic E-state index is 2.26. The zero-order valence-electron chi connectivity index (χ0n) is 9.68. The van der Waals surface area contributed by atoms with E-state index in [-0.39, 0.29) is 0 Å². The van der Waals surface area contributed by atoms with Crippen molar-refractivity contribution in [2.45, 2.75) is 6.92 Å². The van der Waals surface area contributed by atoms with E-state index in [1.165, 1.54) is 26.4 Å². The van der Waals surface area contributed by atoms with Gasteiger partial charge in [0.25, 0.3) is 0 Å². The summed E-state index contributed by atoms with van der Waals surface area (Å²) < 4.78 is 0. The lowest BCUT2D eigenvalue weighted by Crippen LogP contribution is -1.70. The van der Waals surface area contributed by atoms with Crippen LogP contribution in [0.15, 0.2) is 60.7 Å². The van der Waals surface area contributed by atoms with Crippen LogP contribution in [0.1, 0.15) is 4.88 Å². The van der Waals surface area contributed by atoms with Crippen LogP contribution in [-0.2, 0) is 0 Å². The highest BCUT2D eigenvalue weighted by Crippen LogP contribution is 2.32. The maximum Gasteiger partial charge on any atom is -0.00872 e. The van der Waals surface area contributed by atoms with E-state index < -0.39 is 0 Å². The van der Waals surface area contributed by atoms with E-state index in [0.717, 1.165) is 0 Å². The second-order valence-corrected chi connectivity index (χ2v) is 5.45. The molecule has 0 saturated heterocycles. The van der Waals surface area contributed by atoms with Gasteiger partial charge in [0.15, 0.2) is 0 Å². The summed E-state index contributed by atoms with van der Waals surface area (Å²) in [4.78, 5) is 2.71. The third kappa shape index (κ3) is 2.06. The van der Waals surface area contributed by atoms with E-state index in [1.54, 1.807) is 0 Å². The Kier molecular flexibility index (Phi) is 2.62. The number of hydrogen-bond donors (Lipinski definition) is 0. The lowest BCUT2D eigenvalue weighted by molar-refractivity contribution is 1.64. The molecule has 17 heavy (non-hydrogen) atoms. The third-order valence-electron chi connectivity index (χ3n) is 2.89. The number of aryl methyl sites for hydroxylation is 1. The molecule has 0 aliphatic carbocycles. The average molecular weight is 237 g/mol. The highest BCUT2D eigenvalue weighted by atomic mass is 32.1. The molecule has 0 aliphatic rings. The monoisotopic (exact) mass is 237 g/mol. The van der Waals surface area contributed by atoms with Crippen molar-refractivity contribution < 1.29 is 0 Å². The summed E-state index contributed by atoms with van der Waals surface area (Å²) >= 11 is 1.85. The highest BCUT2D eigenvalue weighted by Gasteiger charge is 1.97. The summed E-state index contributed by atoms with van der Waals surface area (Å²) in [7, 11) is 0. The van der Waals surface area contributed by atoms with E-state index in [9.17, 15) is 0 Å². The summed E-state index contributed by atoms with van der Waals surface area (Å²) in [5.41, 5.74) is 3.90. The fourth-order valence-electron chi connectivity index (χ4n) is 2.00. The minimum Gasteiger partial charge on any atom is -0.167 e. The van der Waals surface area contributed by atoms with Crippen LogP contribution in [0.4, 0.5) is 0 Å². The molecule has 0 saturated carbocycles. The zero-order valence-corrected chi connectivity index (χ0v) is 10.5. The molecule has 0 nitrogen and oxygen atoms in total. The van der Waals surface area contributed by atoms with Crippen molar-refractivity contribution in [1.29, 1.82) is 0 Å². The number of hydrogen-bond acceptors (Lipinski definition) is 1. The molecule has 0 N–H and O–H groups in total. The summed E-state index contributed by atoms with van der Waals surface area (Å²) in [6.07, 6.45) is 0. The quantitative estimate of drug-likeness (QED) is 0.543. The smallest absolute Gasteiger partial charge is 0.00872 e. The van der Waals surface area contributed by atoms with Gasteiger partial charge in [-0.3, -0.25) is 0 Å². The van der Waals surface area contributed by atoms with E-state index >= 15 is 0 Å². The number of rotatable bonds is 2. The molecule has 0 bridgehead atoms. The first kappa shape index (κ1) is 10.4. The molecular formula is C16H13S-. The van der Waals surface area contributed by atoms with Crippen LogP contribution in [0.25, 0.3) is 21.6 Å². The Morgan fingerprint density at radius 3 is 2.41 bits per heavy atom. The summed E-state index contributed by atoms with van der Waals surface area (Å²) in [5.74, 6) is 0. The first-order valence-electron chi connectivity index (χ1n) is 5.72. The van der Waals surface area contributed by atoms with Crippen LogP contribution in [0, 0.1) is 6.92 Å². The Labute approximate surface area is 106 Å². The Hall–Kier alpha value is -1.73. The van der Waals surface area contributed by atoms with Crippen LogP contribution in [0.3, 0.4) is 0 Å². The molecule has 2 aromatic carbocycles. The van der Waals surface area contributed by atoms with Crippen LogP contribution in [0.2, 0.25) is 0 Å². The summed E-state index contributed by atoms with van der Waals surface area (Å²) in [6, 6.07) is 21.6. The van der Waals surface area contributed by atoms with Crippen molar-refractivity contribution >= 4 is 11.3 Å². The second kappa shape index (κ2) is 4.27. The normalized spacial score (nSPS) is 10.6. The molecule has 84 valence electrons. The van der Waals surface area contributed by atoms with Crippen molar-refractivity contribution in [2.75, 3.05) is 0 Å². The Balaban J connectivity index is 1.99. The van der Waals surface area contributed by atoms with E-state index in [2.05, 4.69) is 67.6 Å². The molecule has 1 heterocycles. The van der Waals surface area contributed by atoms with Gasteiger partial charge in [0.2, 0.25) is 0 Å². The first-order valence-corrected chi connectivity index (χ1v) is 6.53.